The molecule has 0 atom stereocenters. The monoisotopic (exact) mass is 405 g/mol. The van der Waals surface area contributed by atoms with Crippen LogP contribution in [0.15, 0.2) is 40.8 Å². The van der Waals surface area contributed by atoms with Gasteiger partial charge in [-0.05, 0) is 42.8 Å². The van der Waals surface area contributed by atoms with Gasteiger partial charge in [0, 0.05) is 15.8 Å². The first-order valence-corrected chi connectivity index (χ1v) is 8.70. The van der Waals surface area contributed by atoms with Gasteiger partial charge in [0.25, 0.3) is 0 Å². The zero-order valence-electron chi connectivity index (χ0n) is 13.3. The second-order valence-electron chi connectivity index (χ2n) is 5.86. The molecule has 2 aromatic heterocycles. The highest BCUT2D eigenvalue weighted by Gasteiger charge is 2.19. The number of aryl methyl sites for hydroxylation is 1. The quantitative estimate of drug-likeness (QED) is 0.406. The lowest BCUT2D eigenvalue weighted by Gasteiger charge is -2.09. The van der Waals surface area contributed by atoms with Crippen molar-refractivity contribution in [2.75, 3.05) is 0 Å². The van der Waals surface area contributed by atoms with Gasteiger partial charge in [0.2, 0.25) is 0 Å². The Morgan fingerprint density at radius 1 is 1.08 bits per heavy atom. The SMILES string of the molecule is Cc1ccc(Cl)c2c(C(=O)O)cc(-c3cc4cc(Cl)cc(Cl)c4o3)nc12. The molecule has 0 spiro atoms. The number of carbonyl (C=O) groups is 1. The molecule has 0 saturated carbocycles. The lowest BCUT2D eigenvalue weighted by molar-refractivity contribution is 0.0699. The molecule has 0 radical (unpaired) electrons. The first-order valence-electron chi connectivity index (χ1n) is 7.57. The number of hydrogen-bond acceptors (Lipinski definition) is 3. The zero-order valence-corrected chi connectivity index (χ0v) is 15.6. The minimum Gasteiger partial charge on any atom is -0.478 e. The van der Waals surface area contributed by atoms with E-state index in [1.165, 1.54) is 6.07 Å². The summed E-state index contributed by atoms with van der Waals surface area (Å²) in [5, 5.41) is 11.9. The van der Waals surface area contributed by atoms with Crippen LogP contribution < -0.4 is 0 Å². The Hall–Kier alpha value is -2.27. The topological polar surface area (TPSA) is 63.3 Å². The molecule has 0 unspecified atom stereocenters. The van der Waals surface area contributed by atoms with Crippen LogP contribution in [0.5, 0.6) is 0 Å². The average molecular weight is 407 g/mol. The van der Waals surface area contributed by atoms with Gasteiger partial charge in [0.15, 0.2) is 11.3 Å². The summed E-state index contributed by atoms with van der Waals surface area (Å²) in [6.07, 6.45) is 0. The first-order chi connectivity index (χ1) is 12.3. The van der Waals surface area contributed by atoms with Crippen molar-refractivity contribution in [2.24, 2.45) is 0 Å². The molecule has 130 valence electrons. The van der Waals surface area contributed by atoms with E-state index >= 15 is 0 Å². The molecular formula is C19H10Cl3NO3. The van der Waals surface area contributed by atoms with Crippen LogP contribution in [0.3, 0.4) is 0 Å². The molecule has 0 bridgehead atoms. The molecular weight excluding hydrogens is 397 g/mol. The van der Waals surface area contributed by atoms with E-state index < -0.39 is 5.97 Å². The Balaban J connectivity index is 2.05. The van der Waals surface area contributed by atoms with Gasteiger partial charge >= 0.3 is 5.97 Å². The summed E-state index contributed by atoms with van der Waals surface area (Å²) >= 11 is 18.4. The molecule has 7 heteroatoms. The van der Waals surface area contributed by atoms with Gasteiger partial charge in [0.05, 0.1) is 21.1 Å². The minimum absolute atomic E-state index is 0.0586. The van der Waals surface area contributed by atoms with E-state index in [2.05, 4.69) is 4.98 Å². The van der Waals surface area contributed by atoms with Crippen molar-refractivity contribution in [1.82, 2.24) is 4.98 Å². The number of aromatic nitrogens is 1. The number of nitrogens with zero attached hydrogens (tertiary/aromatic N) is 1. The van der Waals surface area contributed by atoms with Crippen LogP contribution in [0.25, 0.3) is 33.3 Å². The van der Waals surface area contributed by atoms with E-state index in [-0.39, 0.29) is 5.56 Å². The third-order valence-electron chi connectivity index (χ3n) is 4.13. The van der Waals surface area contributed by atoms with Crippen LogP contribution in [-0.4, -0.2) is 16.1 Å². The summed E-state index contributed by atoms with van der Waals surface area (Å²) in [6, 6.07) is 9.94. The molecule has 1 N–H and O–H groups in total. The van der Waals surface area contributed by atoms with Crippen LogP contribution in [-0.2, 0) is 0 Å². The van der Waals surface area contributed by atoms with Crippen LogP contribution in [0.2, 0.25) is 15.1 Å². The van der Waals surface area contributed by atoms with Crippen molar-refractivity contribution in [3.05, 3.63) is 62.6 Å². The molecule has 0 fully saturated rings. The number of benzene rings is 2. The second-order valence-corrected chi connectivity index (χ2v) is 7.12. The Kier molecular flexibility index (Phi) is 4.07. The van der Waals surface area contributed by atoms with Crippen LogP contribution in [0.4, 0.5) is 0 Å². The molecule has 0 aliphatic carbocycles. The summed E-state index contributed by atoms with van der Waals surface area (Å²) in [5.74, 6) is -0.698. The van der Waals surface area contributed by atoms with Crippen molar-refractivity contribution in [3.63, 3.8) is 0 Å². The summed E-state index contributed by atoms with van der Waals surface area (Å²) in [5.41, 5.74) is 2.22. The Morgan fingerprint density at radius 2 is 1.85 bits per heavy atom. The molecule has 2 aromatic carbocycles. The highest BCUT2D eigenvalue weighted by atomic mass is 35.5. The smallest absolute Gasteiger partial charge is 0.336 e. The summed E-state index contributed by atoms with van der Waals surface area (Å²) in [4.78, 5) is 16.4. The zero-order chi connectivity index (χ0) is 18.6. The number of hydrogen-bond donors (Lipinski definition) is 1. The number of halogens is 3. The summed E-state index contributed by atoms with van der Waals surface area (Å²) < 4.78 is 5.81. The number of fused-ring (bicyclic) bond motifs is 2. The van der Waals surface area contributed by atoms with Crippen molar-refractivity contribution in [3.8, 4) is 11.5 Å². The molecule has 26 heavy (non-hydrogen) atoms. The predicted molar refractivity (Wildman–Crippen MR) is 104 cm³/mol. The standard InChI is InChI=1S/C19H10Cl3NO3/c1-8-2-3-12(21)16-11(19(24)25)7-14(23-17(8)16)15-5-9-4-10(20)6-13(22)18(9)26-15/h2-7H,1H3,(H,24,25). The van der Waals surface area contributed by atoms with Crippen LogP contribution in [0.1, 0.15) is 15.9 Å². The van der Waals surface area contributed by atoms with E-state index in [0.29, 0.717) is 48.4 Å². The van der Waals surface area contributed by atoms with Gasteiger partial charge in [-0.15, -0.1) is 0 Å². The van der Waals surface area contributed by atoms with Gasteiger partial charge in [-0.2, -0.15) is 0 Å². The molecule has 4 rings (SSSR count). The number of carboxylic acids is 1. The maximum atomic E-state index is 11.8. The van der Waals surface area contributed by atoms with Gasteiger partial charge in [-0.25, -0.2) is 9.78 Å². The third-order valence-corrected chi connectivity index (χ3v) is 4.94. The fourth-order valence-electron chi connectivity index (χ4n) is 2.93. The van der Waals surface area contributed by atoms with Crippen LogP contribution >= 0.6 is 34.8 Å². The lowest BCUT2D eigenvalue weighted by atomic mass is 10.0. The van der Waals surface area contributed by atoms with Crippen LogP contribution in [0, 0.1) is 6.92 Å². The number of aromatic carboxylic acids is 1. The molecule has 2 heterocycles. The molecule has 4 aromatic rings. The molecule has 0 aliphatic rings. The van der Waals surface area contributed by atoms with Gasteiger partial charge in [-0.1, -0.05) is 40.9 Å². The maximum absolute atomic E-state index is 11.8. The third kappa shape index (κ3) is 2.71. The Bertz CT molecular complexity index is 1210. The Labute approximate surface area is 162 Å². The number of rotatable bonds is 2. The van der Waals surface area contributed by atoms with Crippen molar-refractivity contribution < 1.29 is 14.3 Å². The largest absolute Gasteiger partial charge is 0.478 e. The molecule has 4 nitrogen and oxygen atoms in total. The van der Waals surface area contributed by atoms with Crippen molar-refractivity contribution in [2.45, 2.75) is 6.92 Å². The number of carboxylic acid groups (broad SMARTS) is 1. The van der Waals surface area contributed by atoms with Crippen molar-refractivity contribution >= 4 is 62.6 Å². The van der Waals surface area contributed by atoms with E-state index in [1.807, 2.05) is 6.92 Å². The van der Waals surface area contributed by atoms with Crippen molar-refractivity contribution in [1.29, 1.82) is 0 Å². The maximum Gasteiger partial charge on any atom is 0.336 e. The fraction of sp³-hybridized carbons (Fsp3) is 0.0526. The van der Waals surface area contributed by atoms with E-state index in [1.54, 1.807) is 30.3 Å². The first kappa shape index (κ1) is 17.2. The van der Waals surface area contributed by atoms with Gasteiger partial charge in [-0.3, -0.25) is 0 Å². The van der Waals surface area contributed by atoms with E-state index in [9.17, 15) is 9.90 Å². The van der Waals surface area contributed by atoms with Gasteiger partial charge in [0.1, 0.15) is 5.69 Å². The van der Waals surface area contributed by atoms with Gasteiger partial charge < -0.3 is 9.52 Å². The molecule has 0 saturated heterocycles. The Morgan fingerprint density at radius 3 is 2.58 bits per heavy atom. The second kappa shape index (κ2) is 6.16. The predicted octanol–water partition coefficient (Wildman–Crippen LogP) is 6.61. The normalized spacial score (nSPS) is 11.4. The summed E-state index contributed by atoms with van der Waals surface area (Å²) in [6.45, 7) is 1.84. The highest BCUT2D eigenvalue weighted by molar-refractivity contribution is 6.38. The highest BCUT2D eigenvalue weighted by Crippen LogP contribution is 2.36. The number of furan rings is 1. The molecule has 0 aliphatic heterocycles. The van der Waals surface area contributed by atoms with E-state index in [4.69, 9.17) is 39.2 Å². The van der Waals surface area contributed by atoms with E-state index in [0.717, 1.165) is 5.56 Å². The molecule has 0 amide bonds. The number of pyridine rings is 1. The fourth-order valence-corrected chi connectivity index (χ4v) is 3.73. The minimum atomic E-state index is -1.09. The summed E-state index contributed by atoms with van der Waals surface area (Å²) in [7, 11) is 0. The average Bonchev–Trinajstić information content (AvgIpc) is 3.01. The lowest BCUT2D eigenvalue weighted by Crippen LogP contribution is -2.01.